The van der Waals surface area contributed by atoms with Gasteiger partial charge in [-0.05, 0) is 78.9 Å². The van der Waals surface area contributed by atoms with Gasteiger partial charge >= 0.3 is 6.18 Å². The van der Waals surface area contributed by atoms with E-state index in [0.29, 0.717) is 33.5 Å². The first kappa shape index (κ1) is 35.4. The van der Waals surface area contributed by atoms with E-state index in [4.69, 9.17) is 39.5 Å². The van der Waals surface area contributed by atoms with Crippen LogP contribution < -0.4 is 14.6 Å². The molecule has 17 heteroatoms. The first-order valence-corrected chi connectivity index (χ1v) is 17.4. The number of carbonyl (C=O) groups excluding carboxylic acids is 4. The maximum Gasteiger partial charge on any atom is 0.433 e. The van der Waals surface area contributed by atoms with Crippen LogP contribution in [0.3, 0.4) is 0 Å². The number of carbonyl (C=O) groups is 4. The molecule has 1 N–H and O–H groups in total. The Balaban J connectivity index is 1.24. The van der Waals surface area contributed by atoms with E-state index in [-0.39, 0.29) is 29.3 Å². The molecule has 10 nitrogen and oxygen atoms in total. The molecule has 2 saturated heterocycles. The number of alkyl halides is 5. The lowest BCUT2D eigenvalue weighted by atomic mass is 9.56. The molecule has 0 radical (unpaired) electrons. The van der Waals surface area contributed by atoms with Gasteiger partial charge in [-0.3, -0.25) is 24.2 Å². The molecule has 0 spiro atoms. The van der Waals surface area contributed by atoms with Gasteiger partial charge in [0.15, 0.2) is 15.6 Å². The number of aromatic nitrogens is 1. The van der Waals surface area contributed by atoms with Crippen LogP contribution in [0.15, 0.2) is 78.1 Å². The van der Waals surface area contributed by atoms with Gasteiger partial charge in [-0.15, -0.1) is 23.2 Å². The van der Waals surface area contributed by atoms with E-state index in [1.165, 1.54) is 37.6 Å². The molecule has 2 aromatic carbocycles. The molecule has 6 unspecified atom stereocenters. The maximum absolute atomic E-state index is 14.6. The normalized spacial score (nSPS) is 29.2. The Kier molecular flexibility index (Phi) is 7.96. The number of nitrogens with zero attached hydrogens (tertiary/aromatic N) is 4. The molecule has 0 bridgehead atoms. The topological polar surface area (TPSA) is 120 Å². The second-order valence-electron chi connectivity index (χ2n) is 13.5. The lowest BCUT2D eigenvalue weighted by Crippen LogP contribution is -2.61. The van der Waals surface area contributed by atoms with E-state index in [2.05, 4.69) is 4.98 Å². The van der Waals surface area contributed by atoms with Gasteiger partial charge in [-0.2, -0.15) is 18.2 Å². The molecule has 274 valence electrons. The Labute approximate surface area is 313 Å². The second kappa shape index (κ2) is 11.9. The van der Waals surface area contributed by atoms with Crippen LogP contribution in [-0.4, -0.2) is 55.5 Å². The summed E-state index contributed by atoms with van der Waals surface area (Å²) in [5.74, 6) is -8.59. The Bertz CT molecular complexity index is 2220. The minimum Gasteiger partial charge on any atom is -0.508 e. The van der Waals surface area contributed by atoms with E-state index in [1.54, 1.807) is 12.1 Å². The first-order chi connectivity index (χ1) is 25.0. The number of allylic oxidation sites excluding steroid dienone is 3. The van der Waals surface area contributed by atoms with E-state index in [1.807, 2.05) is 0 Å². The van der Waals surface area contributed by atoms with Crippen molar-refractivity contribution in [3.8, 4) is 11.5 Å². The highest BCUT2D eigenvalue weighted by Gasteiger charge is 2.77. The number of amides is 4. The summed E-state index contributed by atoms with van der Waals surface area (Å²) in [5.41, 5.74) is 0.0370. The van der Waals surface area contributed by atoms with Gasteiger partial charge < -0.3 is 9.84 Å². The summed E-state index contributed by atoms with van der Waals surface area (Å²) in [5, 5.41) is 11.5. The highest BCUT2D eigenvalue weighted by molar-refractivity contribution is 6.58. The molecule has 53 heavy (non-hydrogen) atoms. The van der Waals surface area contributed by atoms with Crippen LogP contribution in [0.5, 0.6) is 11.5 Å². The number of pyridine rings is 1. The van der Waals surface area contributed by atoms with Gasteiger partial charge in [0.1, 0.15) is 23.0 Å². The number of anilines is 2. The number of phenolic OH excluding ortho intramolecular Hbond substituents is 1. The molecule has 1 saturated carbocycles. The summed E-state index contributed by atoms with van der Waals surface area (Å²) in [6.45, 7) is 0. The monoisotopic (exact) mass is 790 g/mol. The van der Waals surface area contributed by atoms with Crippen molar-refractivity contribution >= 4 is 69.9 Å². The number of hydrogen-bond donors (Lipinski definition) is 1. The Morgan fingerprint density at radius 1 is 0.981 bits per heavy atom. The zero-order chi connectivity index (χ0) is 37.9. The quantitative estimate of drug-likeness (QED) is 0.137. The van der Waals surface area contributed by atoms with E-state index < -0.39 is 87.0 Å². The van der Waals surface area contributed by atoms with Crippen LogP contribution in [-0.2, 0) is 31.8 Å². The van der Waals surface area contributed by atoms with Gasteiger partial charge in [0.25, 0.3) is 23.6 Å². The standard InChI is InChI=1S/C36H25Cl3F4N4O6/c1-45(29-24(37)9-11-26(44-29)36(41,42)43)47-30(49)22-8-7-21-23(27(22)31(47)50)14-34(38)32(51)46(19-4-2-18(40)3-5-19)33(52)35(34,39)28(21)17-12-16-13-20(48)6-10-25(16)53-15-17/h2-7,9-11,13,15,22-23,27-28,48H,8,12,14H2,1H3. The van der Waals surface area contributed by atoms with Crippen molar-refractivity contribution in [2.45, 2.75) is 35.2 Å². The van der Waals surface area contributed by atoms with Crippen molar-refractivity contribution in [3.63, 3.8) is 0 Å². The Morgan fingerprint density at radius 2 is 1.70 bits per heavy atom. The fraction of sp³-hybridized carbons (Fsp3) is 0.306. The summed E-state index contributed by atoms with van der Waals surface area (Å²) < 4.78 is 60.7. The fourth-order valence-electron chi connectivity index (χ4n) is 8.40. The van der Waals surface area contributed by atoms with E-state index in [9.17, 15) is 41.8 Å². The van der Waals surface area contributed by atoms with Crippen molar-refractivity contribution in [1.29, 1.82) is 0 Å². The first-order valence-electron chi connectivity index (χ1n) is 16.2. The molecule has 2 aliphatic carbocycles. The van der Waals surface area contributed by atoms with Crippen LogP contribution in [0.2, 0.25) is 5.02 Å². The summed E-state index contributed by atoms with van der Waals surface area (Å²) in [6, 6.07) is 10.6. The molecule has 4 heterocycles. The van der Waals surface area contributed by atoms with E-state index in [0.717, 1.165) is 28.1 Å². The lowest BCUT2D eigenvalue weighted by Gasteiger charge is -2.51. The van der Waals surface area contributed by atoms with Gasteiger partial charge in [-0.1, -0.05) is 23.3 Å². The maximum atomic E-state index is 14.6. The largest absolute Gasteiger partial charge is 0.508 e. The molecule has 3 aromatic rings. The molecule has 3 fully saturated rings. The molecule has 5 aliphatic rings. The molecule has 4 amide bonds. The van der Waals surface area contributed by atoms with Gasteiger partial charge in [0, 0.05) is 24.9 Å². The second-order valence-corrected chi connectivity index (χ2v) is 15.2. The lowest BCUT2D eigenvalue weighted by molar-refractivity contribution is -0.141. The molecule has 6 atom stereocenters. The summed E-state index contributed by atoms with van der Waals surface area (Å²) >= 11 is 21.0. The van der Waals surface area contributed by atoms with Crippen LogP contribution >= 0.6 is 34.8 Å². The Morgan fingerprint density at radius 3 is 2.40 bits per heavy atom. The number of halogens is 7. The SMILES string of the molecule is CN(c1nc(C(F)(F)F)ccc1Cl)N1C(=O)C2CC=C3C(CC4(Cl)C(=O)N(c5ccc(F)cc5)C(=O)C4(Cl)C3C3=COc4ccc(O)cc4C3)C2C1=O. The average molecular weight is 792 g/mol. The fourth-order valence-corrected chi connectivity index (χ4v) is 9.58. The molecule has 8 rings (SSSR count). The van der Waals surface area contributed by atoms with Crippen LogP contribution in [0, 0.1) is 29.5 Å². The summed E-state index contributed by atoms with van der Waals surface area (Å²) in [7, 11) is 1.18. The van der Waals surface area contributed by atoms with Crippen LogP contribution in [0.1, 0.15) is 24.1 Å². The third kappa shape index (κ3) is 5.01. The smallest absolute Gasteiger partial charge is 0.433 e. The number of ether oxygens (including phenoxy) is 1. The third-order valence-corrected chi connectivity index (χ3v) is 12.5. The Hall–Kier alpha value is -4.66. The minimum atomic E-state index is -4.85. The van der Waals surface area contributed by atoms with Crippen molar-refractivity contribution < 1.29 is 46.6 Å². The number of benzene rings is 2. The number of hydrazine groups is 1. The van der Waals surface area contributed by atoms with Crippen molar-refractivity contribution in [2.75, 3.05) is 17.0 Å². The van der Waals surface area contributed by atoms with Crippen LogP contribution in [0.25, 0.3) is 0 Å². The molecule has 1 aromatic heterocycles. The third-order valence-electron chi connectivity index (χ3n) is 10.7. The highest BCUT2D eigenvalue weighted by Crippen LogP contribution is 2.65. The molecular weight excluding hydrogens is 767 g/mol. The van der Waals surface area contributed by atoms with E-state index >= 15 is 0 Å². The number of hydrogen-bond acceptors (Lipinski definition) is 8. The minimum absolute atomic E-state index is 0.000967. The average Bonchev–Trinajstić information content (AvgIpc) is 3.45. The van der Waals surface area contributed by atoms with Gasteiger partial charge in [0.2, 0.25) is 0 Å². The summed E-state index contributed by atoms with van der Waals surface area (Å²) in [4.78, 5) is 57.4. The van der Waals surface area contributed by atoms with Crippen molar-refractivity contribution in [3.05, 3.63) is 100 Å². The van der Waals surface area contributed by atoms with Crippen molar-refractivity contribution in [1.82, 2.24) is 9.99 Å². The number of imide groups is 2. The number of phenols is 1. The molecular formula is C36H25Cl3F4N4O6. The number of fused-ring (bicyclic) bond motifs is 5. The summed E-state index contributed by atoms with van der Waals surface area (Å²) in [6.07, 6.45) is -2.15. The van der Waals surface area contributed by atoms with Crippen molar-refractivity contribution in [2.24, 2.45) is 23.7 Å². The highest BCUT2D eigenvalue weighted by atomic mass is 35.5. The number of rotatable bonds is 4. The van der Waals surface area contributed by atoms with Gasteiger partial charge in [-0.25, -0.2) is 14.3 Å². The molecule has 3 aliphatic heterocycles. The zero-order valence-corrected chi connectivity index (χ0v) is 29.5. The zero-order valence-electron chi connectivity index (χ0n) is 27.2. The predicted octanol–water partition coefficient (Wildman–Crippen LogP) is 6.56. The number of aromatic hydroxyl groups is 1. The van der Waals surface area contributed by atoms with Gasteiger partial charge in [0.05, 0.1) is 28.8 Å². The predicted molar refractivity (Wildman–Crippen MR) is 182 cm³/mol. The van der Waals surface area contributed by atoms with Crippen LogP contribution in [0.4, 0.5) is 29.1 Å².